The number of ether oxygens (including phenoxy) is 4. The average molecular weight is 519 g/mol. The van der Waals surface area contributed by atoms with Gasteiger partial charge in [0, 0.05) is 0 Å². The molecule has 0 unspecified atom stereocenters. The number of hydroxylamine groups is 1. The molecule has 0 aliphatic carbocycles. The summed E-state index contributed by atoms with van der Waals surface area (Å²) in [5.41, 5.74) is 1.86. The first-order chi connectivity index (χ1) is 18.5. The first-order valence-corrected chi connectivity index (χ1v) is 12.4. The van der Waals surface area contributed by atoms with Crippen LogP contribution < -0.4 is 28.9 Å². The number of hydrogen-bond donors (Lipinski definition) is 0. The standard InChI is InChI=1S/C29H30N2O7/c1-5-15-37-21-13-11-19(12-14-21)30-28(32)24-25(18-16-22(34-2)26(36-4)23(17-18)35-3)31(38-27(24)29(30)33)20-9-7-6-8-10-20/h6-14,16-17,24-25,27H,5,15H2,1-4H3/t24-,25+,27+/m0/s1. The summed E-state index contributed by atoms with van der Waals surface area (Å²) in [5, 5.41) is 1.63. The van der Waals surface area contributed by atoms with Gasteiger partial charge in [-0.25, -0.2) is 9.96 Å². The topological polar surface area (TPSA) is 86.8 Å². The molecule has 0 spiro atoms. The molecule has 0 N–H and O–H groups in total. The van der Waals surface area contributed by atoms with Gasteiger partial charge >= 0.3 is 0 Å². The molecular formula is C29H30N2O7. The highest BCUT2D eigenvalue weighted by Crippen LogP contribution is 2.50. The van der Waals surface area contributed by atoms with E-state index in [-0.39, 0.29) is 5.91 Å². The van der Waals surface area contributed by atoms with Crippen LogP contribution >= 0.6 is 0 Å². The molecule has 2 amide bonds. The minimum atomic E-state index is -0.997. The van der Waals surface area contributed by atoms with E-state index < -0.39 is 24.0 Å². The summed E-state index contributed by atoms with van der Waals surface area (Å²) in [7, 11) is 4.59. The van der Waals surface area contributed by atoms with Gasteiger partial charge in [0.25, 0.3) is 5.91 Å². The minimum Gasteiger partial charge on any atom is -0.494 e. The molecule has 0 saturated carbocycles. The van der Waals surface area contributed by atoms with Crippen molar-refractivity contribution in [3.05, 3.63) is 72.3 Å². The predicted molar refractivity (Wildman–Crippen MR) is 141 cm³/mol. The molecular weight excluding hydrogens is 488 g/mol. The van der Waals surface area contributed by atoms with Crippen molar-refractivity contribution in [2.24, 2.45) is 5.92 Å². The third-order valence-electron chi connectivity index (χ3n) is 6.72. The number of carbonyl (C=O) groups excluding carboxylic acids is 2. The summed E-state index contributed by atoms with van der Waals surface area (Å²) in [6.07, 6.45) is -0.117. The molecule has 9 heteroatoms. The molecule has 9 nitrogen and oxygen atoms in total. The summed E-state index contributed by atoms with van der Waals surface area (Å²) in [5.74, 6) is 0.418. The fourth-order valence-electron chi connectivity index (χ4n) is 4.99. The molecule has 0 bridgehead atoms. The maximum atomic E-state index is 13.9. The maximum Gasteiger partial charge on any atom is 0.266 e. The lowest BCUT2D eigenvalue weighted by molar-refractivity contribution is -0.126. The number of anilines is 2. The van der Waals surface area contributed by atoms with E-state index in [1.165, 1.54) is 26.2 Å². The van der Waals surface area contributed by atoms with Crippen LogP contribution in [-0.4, -0.2) is 45.9 Å². The molecule has 2 aliphatic rings. The molecule has 38 heavy (non-hydrogen) atoms. The number of carbonyl (C=O) groups is 2. The zero-order valence-electron chi connectivity index (χ0n) is 21.7. The number of hydrogen-bond acceptors (Lipinski definition) is 8. The lowest BCUT2D eigenvalue weighted by Gasteiger charge is -2.29. The first-order valence-electron chi connectivity index (χ1n) is 12.4. The third-order valence-corrected chi connectivity index (χ3v) is 6.72. The van der Waals surface area contributed by atoms with Crippen LogP contribution in [0.1, 0.15) is 24.9 Å². The summed E-state index contributed by atoms with van der Waals surface area (Å²) in [6, 6.07) is 19.3. The highest BCUT2D eigenvalue weighted by molar-refractivity contribution is 6.24. The Morgan fingerprint density at radius 1 is 0.816 bits per heavy atom. The van der Waals surface area contributed by atoms with Crippen molar-refractivity contribution < 1.29 is 33.4 Å². The molecule has 0 aromatic heterocycles. The number of rotatable bonds is 9. The lowest BCUT2D eigenvalue weighted by Crippen LogP contribution is -2.37. The maximum absolute atomic E-state index is 13.9. The third kappa shape index (κ3) is 4.28. The summed E-state index contributed by atoms with van der Waals surface area (Å²) in [4.78, 5) is 35.0. The van der Waals surface area contributed by atoms with Crippen molar-refractivity contribution in [2.75, 3.05) is 37.9 Å². The Bertz CT molecular complexity index is 1290. The number of methoxy groups -OCH3 is 3. The Morgan fingerprint density at radius 3 is 2.05 bits per heavy atom. The van der Waals surface area contributed by atoms with Crippen LogP contribution in [-0.2, 0) is 14.4 Å². The fourth-order valence-corrected chi connectivity index (χ4v) is 4.99. The first kappa shape index (κ1) is 25.4. The lowest BCUT2D eigenvalue weighted by atomic mass is 9.90. The minimum absolute atomic E-state index is 0.348. The molecule has 2 heterocycles. The fraction of sp³-hybridized carbons (Fsp3) is 0.310. The van der Waals surface area contributed by atoms with Crippen molar-refractivity contribution in [1.82, 2.24) is 0 Å². The van der Waals surface area contributed by atoms with Crippen molar-refractivity contribution in [3.63, 3.8) is 0 Å². The van der Waals surface area contributed by atoms with Gasteiger partial charge in [-0.15, -0.1) is 0 Å². The monoisotopic (exact) mass is 518 g/mol. The SMILES string of the molecule is CCCOc1ccc(N2C(=O)[C@H]3[C@@H](c4cc(OC)c(OC)c(OC)c4)N(c4ccccc4)O[C@H]3C2=O)cc1. The van der Waals surface area contributed by atoms with Crippen LogP contribution in [0.15, 0.2) is 66.7 Å². The van der Waals surface area contributed by atoms with Gasteiger partial charge in [0.15, 0.2) is 17.6 Å². The quantitative estimate of drug-likeness (QED) is 0.382. The van der Waals surface area contributed by atoms with Crippen LogP contribution in [0.5, 0.6) is 23.0 Å². The molecule has 2 saturated heterocycles. The van der Waals surface area contributed by atoms with Crippen LogP contribution in [0.3, 0.4) is 0 Å². The van der Waals surface area contributed by atoms with Crippen LogP contribution in [0.4, 0.5) is 11.4 Å². The van der Waals surface area contributed by atoms with E-state index in [1.54, 1.807) is 41.5 Å². The molecule has 198 valence electrons. The Morgan fingerprint density at radius 2 is 1.47 bits per heavy atom. The number of para-hydroxylation sites is 1. The molecule has 5 rings (SSSR count). The van der Waals surface area contributed by atoms with E-state index in [9.17, 15) is 9.59 Å². The van der Waals surface area contributed by atoms with Gasteiger partial charge in [-0.3, -0.25) is 14.4 Å². The normalized spacial score (nSPS) is 20.5. The zero-order chi connectivity index (χ0) is 26.8. The van der Waals surface area contributed by atoms with Crippen molar-refractivity contribution in [3.8, 4) is 23.0 Å². The zero-order valence-corrected chi connectivity index (χ0v) is 21.7. The number of benzene rings is 3. The second-order valence-corrected chi connectivity index (χ2v) is 8.97. The number of fused-ring (bicyclic) bond motifs is 1. The summed E-state index contributed by atoms with van der Waals surface area (Å²) < 4.78 is 22.3. The number of amides is 2. The van der Waals surface area contributed by atoms with E-state index in [0.29, 0.717) is 46.5 Å². The summed E-state index contributed by atoms with van der Waals surface area (Å²) in [6.45, 7) is 2.61. The van der Waals surface area contributed by atoms with Gasteiger partial charge < -0.3 is 18.9 Å². The largest absolute Gasteiger partial charge is 0.494 e. The van der Waals surface area contributed by atoms with Gasteiger partial charge in [0.2, 0.25) is 11.7 Å². The van der Waals surface area contributed by atoms with E-state index in [1.807, 2.05) is 37.3 Å². The van der Waals surface area contributed by atoms with Crippen molar-refractivity contribution in [1.29, 1.82) is 0 Å². The van der Waals surface area contributed by atoms with Gasteiger partial charge in [-0.2, -0.15) is 0 Å². The van der Waals surface area contributed by atoms with Gasteiger partial charge in [0.1, 0.15) is 11.7 Å². The van der Waals surface area contributed by atoms with E-state index in [2.05, 4.69) is 0 Å². The molecule has 2 fully saturated rings. The highest BCUT2D eigenvalue weighted by atomic mass is 16.7. The summed E-state index contributed by atoms with van der Waals surface area (Å²) >= 11 is 0. The molecule has 0 radical (unpaired) electrons. The van der Waals surface area contributed by atoms with Gasteiger partial charge in [0.05, 0.1) is 45.4 Å². The Kier molecular flexibility index (Phi) is 7.11. The van der Waals surface area contributed by atoms with Crippen LogP contribution in [0.25, 0.3) is 0 Å². The Balaban J connectivity index is 1.56. The van der Waals surface area contributed by atoms with E-state index in [4.69, 9.17) is 23.8 Å². The number of imide groups is 1. The molecule has 3 aromatic carbocycles. The second-order valence-electron chi connectivity index (χ2n) is 8.97. The Labute approximate surface area is 221 Å². The van der Waals surface area contributed by atoms with Crippen LogP contribution in [0, 0.1) is 5.92 Å². The van der Waals surface area contributed by atoms with Crippen molar-refractivity contribution >= 4 is 23.2 Å². The highest BCUT2D eigenvalue weighted by Gasteiger charge is 2.60. The van der Waals surface area contributed by atoms with E-state index in [0.717, 1.165) is 6.42 Å². The molecule has 3 aromatic rings. The van der Waals surface area contributed by atoms with E-state index >= 15 is 0 Å². The van der Waals surface area contributed by atoms with Gasteiger partial charge in [-0.05, 0) is 60.5 Å². The molecule has 2 aliphatic heterocycles. The Hall–Kier alpha value is -4.24. The van der Waals surface area contributed by atoms with Gasteiger partial charge in [-0.1, -0.05) is 25.1 Å². The average Bonchev–Trinajstić information content (AvgIpc) is 3.47. The predicted octanol–water partition coefficient (Wildman–Crippen LogP) is 4.55. The van der Waals surface area contributed by atoms with Crippen molar-refractivity contribution in [2.45, 2.75) is 25.5 Å². The second kappa shape index (κ2) is 10.6. The smallest absolute Gasteiger partial charge is 0.266 e. The molecule has 3 atom stereocenters. The number of nitrogens with zero attached hydrogens (tertiary/aromatic N) is 2. The van der Waals surface area contributed by atoms with Crippen LogP contribution in [0.2, 0.25) is 0 Å².